The van der Waals surface area contributed by atoms with Gasteiger partial charge >= 0.3 is 5.97 Å². The summed E-state index contributed by atoms with van der Waals surface area (Å²) in [5, 5.41) is 0. The summed E-state index contributed by atoms with van der Waals surface area (Å²) in [6, 6.07) is 12.3. The summed E-state index contributed by atoms with van der Waals surface area (Å²) in [5.41, 5.74) is 2.10. The van der Waals surface area contributed by atoms with E-state index in [4.69, 9.17) is 14.2 Å². The summed E-state index contributed by atoms with van der Waals surface area (Å²) in [6.07, 6.45) is 3.82. The first-order valence-electron chi connectivity index (χ1n) is 11.5. The van der Waals surface area contributed by atoms with E-state index in [1.54, 1.807) is 31.4 Å². The van der Waals surface area contributed by atoms with Gasteiger partial charge < -0.3 is 18.8 Å². The zero-order chi connectivity index (χ0) is 24.8. The van der Waals surface area contributed by atoms with Gasteiger partial charge in [-0.3, -0.25) is 0 Å². The van der Waals surface area contributed by atoms with Crippen LogP contribution >= 0.6 is 0 Å². The Balaban J connectivity index is 1.53. The smallest absolute Gasteiger partial charge is 0.331 e. The maximum absolute atomic E-state index is 13.0. The number of nitrogens with zero attached hydrogens (tertiary/aromatic N) is 3. The quantitative estimate of drug-likeness (QED) is 0.329. The Hall–Kier alpha value is -3.21. The van der Waals surface area contributed by atoms with Crippen LogP contribution in [0.4, 0.5) is 0 Å². The van der Waals surface area contributed by atoms with Gasteiger partial charge in [0, 0.05) is 31.3 Å². The van der Waals surface area contributed by atoms with Crippen LogP contribution < -0.4 is 4.74 Å². The Morgan fingerprint density at radius 3 is 2.69 bits per heavy atom. The number of methoxy groups -OCH3 is 1. The van der Waals surface area contributed by atoms with Gasteiger partial charge in [-0.25, -0.2) is 18.2 Å². The van der Waals surface area contributed by atoms with Crippen LogP contribution in [0, 0.1) is 0 Å². The van der Waals surface area contributed by atoms with Gasteiger partial charge in [0.1, 0.15) is 18.2 Å². The second-order valence-electron chi connectivity index (χ2n) is 8.03. The van der Waals surface area contributed by atoms with Crippen molar-refractivity contribution in [1.82, 2.24) is 13.9 Å². The van der Waals surface area contributed by atoms with Crippen molar-refractivity contribution < 1.29 is 27.4 Å². The molecule has 186 valence electrons. The minimum atomic E-state index is -3.64. The number of ether oxygens (including phenoxy) is 3. The number of morpholine rings is 1. The lowest BCUT2D eigenvalue weighted by atomic mass is 10.2. The van der Waals surface area contributed by atoms with Gasteiger partial charge in [-0.1, -0.05) is 25.1 Å². The van der Waals surface area contributed by atoms with Crippen LogP contribution in [-0.4, -0.2) is 61.7 Å². The van der Waals surface area contributed by atoms with Crippen LogP contribution in [0.2, 0.25) is 0 Å². The van der Waals surface area contributed by atoms with Crippen molar-refractivity contribution in [1.29, 1.82) is 0 Å². The average molecular weight is 500 g/mol. The lowest BCUT2D eigenvalue weighted by Crippen LogP contribution is -2.40. The van der Waals surface area contributed by atoms with Gasteiger partial charge in [0.25, 0.3) is 0 Å². The van der Waals surface area contributed by atoms with Crippen molar-refractivity contribution in [3.8, 4) is 5.75 Å². The lowest BCUT2D eigenvalue weighted by Gasteiger charge is -2.26. The monoisotopic (exact) mass is 499 g/mol. The van der Waals surface area contributed by atoms with E-state index < -0.39 is 16.0 Å². The Bertz CT molecular complexity index is 1330. The summed E-state index contributed by atoms with van der Waals surface area (Å²) in [6.45, 7) is 4.09. The van der Waals surface area contributed by atoms with Crippen LogP contribution in [0.1, 0.15) is 24.7 Å². The minimum Gasteiger partial charge on any atom is -0.496 e. The van der Waals surface area contributed by atoms with Crippen molar-refractivity contribution >= 4 is 33.1 Å². The summed E-state index contributed by atoms with van der Waals surface area (Å²) in [4.78, 5) is 17.1. The first kappa shape index (κ1) is 24.9. The van der Waals surface area contributed by atoms with Gasteiger partial charge in [-0.05, 0) is 36.8 Å². The molecule has 1 aliphatic heterocycles. The number of rotatable bonds is 9. The Morgan fingerprint density at radius 2 is 1.94 bits per heavy atom. The molecular formula is C25H29N3O6S. The van der Waals surface area contributed by atoms with E-state index in [0.717, 1.165) is 17.5 Å². The van der Waals surface area contributed by atoms with Crippen LogP contribution in [0.3, 0.4) is 0 Å². The molecule has 2 heterocycles. The normalized spacial score (nSPS) is 15.0. The molecule has 0 atom stereocenters. The third-order valence-electron chi connectivity index (χ3n) is 5.74. The van der Waals surface area contributed by atoms with Crippen LogP contribution in [0.5, 0.6) is 5.75 Å². The number of hydrogen-bond acceptors (Lipinski definition) is 7. The summed E-state index contributed by atoms with van der Waals surface area (Å²) < 4.78 is 45.5. The highest BCUT2D eigenvalue weighted by atomic mass is 32.2. The number of fused-ring (bicyclic) bond motifs is 1. The highest BCUT2D eigenvalue weighted by molar-refractivity contribution is 7.89. The SMILES string of the molecule is CCCn1c(COC(=O)/C=C/c2ccccc2OC)nc2cc(S(=O)(=O)N3CCOCC3)ccc21. The highest BCUT2D eigenvalue weighted by Crippen LogP contribution is 2.24. The van der Waals surface area contributed by atoms with Crippen molar-refractivity contribution in [3.63, 3.8) is 0 Å². The van der Waals surface area contributed by atoms with Gasteiger partial charge in [-0.15, -0.1) is 0 Å². The molecule has 0 radical (unpaired) electrons. The Labute approximate surface area is 205 Å². The molecule has 1 aliphatic rings. The van der Waals surface area contributed by atoms with Crippen LogP contribution in [0.15, 0.2) is 53.4 Å². The molecule has 10 heteroatoms. The van der Waals surface area contributed by atoms with Crippen molar-refractivity contribution in [2.24, 2.45) is 0 Å². The van der Waals surface area contributed by atoms with E-state index in [-0.39, 0.29) is 11.5 Å². The summed E-state index contributed by atoms with van der Waals surface area (Å²) in [7, 11) is -2.07. The topological polar surface area (TPSA) is 100.0 Å². The van der Waals surface area contributed by atoms with Gasteiger partial charge in [0.05, 0.1) is 36.3 Å². The zero-order valence-electron chi connectivity index (χ0n) is 19.8. The van der Waals surface area contributed by atoms with Gasteiger partial charge in [0.2, 0.25) is 10.0 Å². The maximum Gasteiger partial charge on any atom is 0.331 e. The van der Waals surface area contributed by atoms with Gasteiger partial charge in [0.15, 0.2) is 0 Å². The van der Waals surface area contributed by atoms with Crippen LogP contribution in [0.25, 0.3) is 17.1 Å². The van der Waals surface area contributed by atoms with Crippen molar-refractivity contribution in [2.75, 3.05) is 33.4 Å². The van der Waals surface area contributed by atoms with E-state index in [1.807, 2.05) is 35.8 Å². The highest BCUT2D eigenvalue weighted by Gasteiger charge is 2.27. The lowest BCUT2D eigenvalue weighted by molar-refractivity contribution is -0.139. The molecular weight excluding hydrogens is 470 g/mol. The number of sulfonamides is 1. The molecule has 9 nitrogen and oxygen atoms in total. The van der Waals surface area contributed by atoms with E-state index in [2.05, 4.69) is 4.98 Å². The third-order valence-corrected chi connectivity index (χ3v) is 7.63. The Morgan fingerprint density at radius 1 is 1.17 bits per heavy atom. The molecule has 0 unspecified atom stereocenters. The van der Waals surface area contributed by atoms with Gasteiger partial charge in [-0.2, -0.15) is 4.31 Å². The van der Waals surface area contributed by atoms with Crippen molar-refractivity contribution in [2.45, 2.75) is 31.4 Å². The number of hydrogen-bond donors (Lipinski definition) is 0. The minimum absolute atomic E-state index is 0.0324. The standard InChI is InChI=1S/C25H29N3O6S/c1-3-12-28-22-10-9-20(35(30,31)27-13-15-33-16-14-27)17-21(22)26-24(28)18-34-25(29)11-8-19-6-4-5-7-23(19)32-2/h4-11,17H,3,12-16,18H2,1-2H3/b11-8+. The van der Waals surface area contributed by atoms with E-state index >= 15 is 0 Å². The number of esters is 1. The fraction of sp³-hybridized carbons (Fsp3) is 0.360. The molecule has 0 bridgehead atoms. The predicted octanol–water partition coefficient (Wildman–Crippen LogP) is 3.23. The van der Waals surface area contributed by atoms with E-state index in [1.165, 1.54) is 10.4 Å². The number of benzene rings is 2. The third kappa shape index (κ3) is 5.55. The molecule has 35 heavy (non-hydrogen) atoms. The molecule has 0 spiro atoms. The maximum atomic E-state index is 13.0. The first-order chi connectivity index (χ1) is 16.9. The second kappa shape index (κ2) is 11.0. The zero-order valence-corrected chi connectivity index (χ0v) is 20.7. The number of para-hydroxylation sites is 1. The molecule has 0 N–H and O–H groups in total. The van der Waals surface area contributed by atoms with Crippen LogP contribution in [-0.2, 0) is 37.4 Å². The molecule has 4 rings (SSSR count). The van der Waals surface area contributed by atoms with E-state index in [0.29, 0.717) is 49.9 Å². The second-order valence-corrected chi connectivity index (χ2v) is 9.97. The van der Waals surface area contributed by atoms with E-state index in [9.17, 15) is 13.2 Å². The largest absolute Gasteiger partial charge is 0.496 e. The molecule has 1 fully saturated rings. The summed E-state index contributed by atoms with van der Waals surface area (Å²) >= 11 is 0. The first-order valence-corrected chi connectivity index (χ1v) is 12.9. The average Bonchev–Trinajstić information content (AvgIpc) is 3.23. The molecule has 0 saturated carbocycles. The fourth-order valence-electron chi connectivity index (χ4n) is 3.98. The number of imidazole rings is 1. The molecule has 1 aromatic heterocycles. The number of aryl methyl sites for hydroxylation is 1. The van der Waals surface area contributed by atoms with Crippen molar-refractivity contribution in [3.05, 3.63) is 59.9 Å². The number of carbonyl (C=O) groups excluding carboxylic acids is 1. The number of carbonyl (C=O) groups is 1. The molecule has 3 aromatic rings. The number of aromatic nitrogens is 2. The molecule has 0 aliphatic carbocycles. The molecule has 2 aromatic carbocycles. The molecule has 0 amide bonds. The summed E-state index contributed by atoms with van der Waals surface area (Å²) in [5.74, 6) is 0.701. The fourth-order valence-corrected chi connectivity index (χ4v) is 5.41. The molecule has 1 saturated heterocycles. The predicted molar refractivity (Wildman–Crippen MR) is 131 cm³/mol. The Kier molecular flexibility index (Phi) is 7.84.